The number of nitrogens with one attached hydrogen (secondary N) is 2. The van der Waals surface area contributed by atoms with Gasteiger partial charge in [0.15, 0.2) is 11.6 Å². The number of amides is 2. The van der Waals surface area contributed by atoms with Gasteiger partial charge in [0.2, 0.25) is 10.9 Å². The average molecular weight is 488 g/mol. The summed E-state index contributed by atoms with van der Waals surface area (Å²) in [6.45, 7) is 3.81. The number of ether oxygens (including phenoxy) is 1. The van der Waals surface area contributed by atoms with Crippen molar-refractivity contribution in [2.45, 2.75) is 45.4 Å². The van der Waals surface area contributed by atoms with E-state index in [-0.39, 0.29) is 50.9 Å². The molecule has 10 nitrogen and oxygen atoms in total. The van der Waals surface area contributed by atoms with E-state index < -0.39 is 22.7 Å². The molecule has 0 radical (unpaired) electrons. The number of fused-ring (bicyclic) bond motifs is 2. The molecule has 2 amide bonds. The number of rotatable bonds is 7. The lowest BCUT2D eigenvalue weighted by Gasteiger charge is -2.23. The molecule has 0 fully saturated rings. The van der Waals surface area contributed by atoms with Crippen LogP contribution in [0.2, 0.25) is 0 Å². The molecule has 2 heterocycles. The highest BCUT2D eigenvalue weighted by atomic mass is 16.5. The fraction of sp³-hybridized carbons (Fsp3) is 0.269. The maximum atomic E-state index is 13.2. The van der Waals surface area contributed by atoms with Crippen LogP contribution in [-0.2, 0) is 4.74 Å². The predicted octanol–water partition coefficient (Wildman–Crippen LogP) is 2.40. The minimum absolute atomic E-state index is 0.0864. The fourth-order valence-electron chi connectivity index (χ4n) is 4.74. The summed E-state index contributed by atoms with van der Waals surface area (Å²) in [6, 6.07) is 7.60. The molecular weight excluding hydrogens is 462 g/mol. The van der Waals surface area contributed by atoms with Gasteiger partial charge in [-0.3, -0.25) is 29.5 Å². The molecule has 0 saturated carbocycles. The molecule has 0 spiro atoms. The summed E-state index contributed by atoms with van der Waals surface area (Å²) in [5, 5.41) is 7.39. The number of hydrogen-bond donors (Lipinski definition) is 3. The third-order valence-electron chi connectivity index (χ3n) is 6.65. The van der Waals surface area contributed by atoms with Gasteiger partial charge in [0.05, 0.1) is 23.1 Å². The van der Waals surface area contributed by atoms with Crippen LogP contribution in [0.4, 0.5) is 17.1 Å². The highest BCUT2D eigenvalue weighted by molar-refractivity contribution is 6.26. The van der Waals surface area contributed by atoms with E-state index in [0.717, 1.165) is 0 Å². The van der Waals surface area contributed by atoms with Crippen molar-refractivity contribution in [1.29, 1.82) is 0 Å². The van der Waals surface area contributed by atoms with E-state index in [4.69, 9.17) is 10.5 Å². The lowest BCUT2D eigenvalue weighted by atomic mass is 10.1. The number of anilines is 3. The quantitative estimate of drug-likeness (QED) is 0.262. The molecule has 3 aromatic carbocycles. The van der Waals surface area contributed by atoms with Crippen LogP contribution in [0.5, 0.6) is 0 Å². The Morgan fingerprint density at radius 2 is 1.75 bits per heavy atom. The number of benzene rings is 2. The highest BCUT2D eigenvalue weighted by Gasteiger charge is 2.42. The summed E-state index contributed by atoms with van der Waals surface area (Å²) in [4.78, 5) is 53.4. The van der Waals surface area contributed by atoms with Gasteiger partial charge in [0.25, 0.3) is 11.8 Å². The summed E-state index contributed by atoms with van der Waals surface area (Å²) in [5.74, 6) is -0.940. The van der Waals surface area contributed by atoms with Crippen molar-refractivity contribution >= 4 is 39.6 Å². The van der Waals surface area contributed by atoms with Gasteiger partial charge in [-0.25, -0.2) is 0 Å². The number of hydrogen-bond acceptors (Lipinski definition) is 9. The third kappa shape index (κ3) is 3.62. The molecule has 1 atom stereocenters. The first kappa shape index (κ1) is 23.3. The van der Waals surface area contributed by atoms with Crippen LogP contribution in [0.15, 0.2) is 57.4 Å². The van der Waals surface area contributed by atoms with Gasteiger partial charge in [0.1, 0.15) is 0 Å². The van der Waals surface area contributed by atoms with Crippen molar-refractivity contribution < 1.29 is 14.3 Å². The normalized spacial score (nSPS) is 17.4. The second-order valence-corrected chi connectivity index (χ2v) is 8.77. The Labute approximate surface area is 205 Å². The van der Waals surface area contributed by atoms with Crippen molar-refractivity contribution in [3.63, 3.8) is 0 Å². The lowest BCUT2D eigenvalue weighted by Crippen LogP contribution is -2.39. The Morgan fingerprint density at radius 1 is 1.03 bits per heavy atom. The van der Waals surface area contributed by atoms with E-state index >= 15 is 0 Å². The molecule has 2 aliphatic heterocycles. The first-order valence-electron chi connectivity index (χ1n) is 11.8. The Morgan fingerprint density at radius 3 is 2.44 bits per heavy atom. The number of nitrogen functional groups attached to an aromatic ring is 1. The third-order valence-corrected chi connectivity index (χ3v) is 6.65. The molecule has 10 heteroatoms. The fourth-order valence-corrected chi connectivity index (χ4v) is 4.74. The average Bonchev–Trinajstić information content (AvgIpc) is 3.54. The first-order chi connectivity index (χ1) is 17.3. The van der Waals surface area contributed by atoms with Crippen LogP contribution in [0.3, 0.4) is 0 Å². The van der Waals surface area contributed by atoms with Crippen molar-refractivity contribution in [3.05, 3.63) is 79.6 Å². The molecule has 2 aliphatic rings. The van der Waals surface area contributed by atoms with Crippen LogP contribution in [-0.4, -0.2) is 29.0 Å². The number of nitrogens with two attached hydrogens (primary N) is 1. The smallest absolute Gasteiger partial charge is 0.264 e. The van der Waals surface area contributed by atoms with Crippen molar-refractivity contribution in [1.82, 2.24) is 4.90 Å². The minimum atomic E-state index is -0.537. The van der Waals surface area contributed by atoms with Crippen molar-refractivity contribution in [2.75, 3.05) is 16.5 Å². The molecule has 5 rings (SSSR count). The van der Waals surface area contributed by atoms with Crippen LogP contribution in [0, 0.1) is 0 Å². The van der Waals surface area contributed by atoms with Crippen LogP contribution >= 0.6 is 0 Å². The Balaban J connectivity index is 1.52. The van der Waals surface area contributed by atoms with Crippen molar-refractivity contribution in [3.8, 4) is 0 Å². The maximum absolute atomic E-state index is 13.2. The molecule has 0 saturated heterocycles. The van der Waals surface area contributed by atoms with E-state index in [1.165, 1.54) is 17.0 Å². The number of carbonyl (C=O) groups excluding carboxylic acids is 2. The monoisotopic (exact) mass is 487 g/mol. The van der Waals surface area contributed by atoms with Gasteiger partial charge in [0, 0.05) is 34.6 Å². The molecule has 184 valence electrons. The Bertz CT molecular complexity index is 1570. The zero-order valence-electron chi connectivity index (χ0n) is 19.8. The van der Waals surface area contributed by atoms with E-state index in [1.54, 1.807) is 24.5 Å². The summed E-state index contributed by atoms with van der Waals surface area (Å²) >= 11 is 0. The molecule has 0 aromatic heterocycles. The number of imide groups is 1. The van der Waals surface area contributed by atoms with E-state index in [9.17, 15) is 19.2 Å². The molecule has 4 N–H and O–H groups in total. The standard InChI is InChI=1S/C26H25N5O5/c1-3-14(4-2)31-25(34)20-17(27)9-10-18(21(20)26(31)35)29-30-22-23(32)15-8-7-13(12-16(15)24(22)33)28-19-6-5-11-36-19/h5,7-12,14,19,28-29H,3-4,6,27H2,1-2H3. The lowest BCUT2D eigenvalue weighted by molar-refractivity contribution is 0.0576. The summed E-state index contributed by atoms with van der Waals surface area (Å²) in [7, 11) is 0. The molecular formula is C26H25N5O5. The molecule has 0 bridgehead atoms. The van der Waals surface area contributed by atoms with E-state index in [1.807, 2.05) is 19.9 Å². The zero-order chi connectivity index (χ0) is 25.6. The van der Waals surface area contributed by atoms with Gasteiger partial charge in [-0.2, -0.15) is 5.10 Å². The van der Waals surface area contributed by atoms with Gasteiger partial charge in [-0.05, 0) is 49.2 Å². The van der Waals surface area contributed by atoms with Crippen LogP contribution in [0.1, 0.15) is 53.8 Å². The van der Waals surface area contributed by atoms with Gasteiger partial charge >= 0.3 is 0 Å². The van der Waals surface area contributed by atoms with Crippen molar-refractivity contribution in [2.24, 2.45) is 5.10 Å². The maximum Gasteiger partial charge on any atom is 0.264 e. The summed E-state index contributed by atoms with van der Waals surface area (Å²) in [6.07, 6.45) is 5.14. The molecule has 36 heavy (non-hydrogen) atoms. The van der Waals surface area contributed by atoms with Gasteiger partial charge in [-0.15, -0.1) is 0 Å². The van der Waals surface area contributed by atoms with E-state index in [0.29, 0.717) is 24.9 Å². The summed E-state index contributed by atoms with van der Waals surface area (Å²) in [5.41, 5.74) is 8.85. The molecule has 0 aliphatic carbocycles. The first-order valence-corrected chi connectivity index (χ1v) is 11.8. The SMILES string of the molecule is CCC(CC)N1C(=O)c2c(N)ccc(NN=c3c(=O)c4ccc(NC5CC=CO5)cc4c3=O)c2C1=O. The summed E-state index contributed by atoms with van der Waals surface area (Å²) < 4.78 is 5.39. The zero-order valence-corrected chi connectivity index (χ0v) is 19.8. The largest absolute Gasteiger partial charge is 0.478 e. The Kier molecular flexibility index (Phi) is 5.79. The Hall–Kier alpha value is -4.47. The number of carbonyl (C=O) groups is 2. The van der Waals surface area contributed by atoms with Crippen LogP contribution < -0.4 is 32.7 Å². The predicted molar refractivity (Wildman–Crippen MR) is 136 cm³/mol. The molecule has 3 aromatic rings. The van der Waals surface area contributed by atoms with Crippen LogP contribution in [0.25, 0.3) is 10.8 Å². The molecule has 1 unspecified atom stereocenters. The second kappa shape index (κ2) is 8.95. The van der Waals surface area contributed by atoms with E-state index in [2.05, 4.69) is 15.8 Å². The number of nitrogens with zero attached hydrogens (tertiary/aromatic N) is 2. The highest BCUT2D eigenvalue weighted by Crippen LogP contribution is 2.35. The minimum Gasteiger partial charge on any atom is -0.478 e. The second-order valence-electron chi connectivity index (χ2n) is 8.77. The van der Waals surface area contributed by atoms with Gasteiger partial charge < -0.3 is 15.8 Å². The van der Waals surface area contributed by atoms with Gasteiger partial charge in [-0.1, -0.05) is 13.8 Å². The topological polar surface area (TPSA) is 143 Å².